The number of amides is 1. The Morgan fingerprint density at radius 2 is 2.11 bits per heavy atom. The van der Waals surface area contributed by atoms with E-state index >= 15 is 0 Å². The molecule has 0 aromatic heterocycles. The monoisotopic (exact) mass is 326 g/mol. The maximum atomic E-state index is 11.7. The fraction of sp³-hybridized carbons (Fsp3) is 0.533. The van der Waals surface area contributed by atoms with Crippen LogP contribution in [0.2, 0.25) is 0 Å². The first kappa shape index (κ1) is 16.2. The van der Waals surface area contributed by atoms with E-state index in [0.717, 1.165) is 29.0 Å². The van der Waals surface area contributed by atoms with Crippen molar-refractivity contribution < 1.29 is 4.79 Å². The van der Waals surface area contributed by atoms with Crippen LogP contribution in [-0.2, 0) is 4.79 Å². The molecule has 2 N–H and O–H groups in total. The Hall–Kier alpha value is -0.870. The second-order valence-corrected chi connectivity index (χ2v) is 6.04. The van der Waals surface area contributed by atoms with Crippen LogP contribution in [0.1, 0.15) is 33.1 Å². The van der Waals surface area contributed by atoms with Gasteiger partial charge >= 0.3 is 0 Å². The van der Waals surface area contributed by atoms with Crippen LogP contribution in [0.5, 0.6) is 0 Å². The molecule has 19 heavy (non-hydrogen) atoms. The van der Waals surface area contributed by atoms with E-state index in [1.165, 1.54) is 12.8 Å². The second-order valence-electron chi connectivity index (χ2n) is 5.12. The molecule has 0 saturated heterocycles. The summed E-state index contributed by atoms with van der Waals surface area (Å²) in [7, 11) is 0. The van der Waals surface area contributed by atoms with Crippen molar-refractivity contribution in [3.63, 3.8) is 0 Å². The van der Waals surface area contributed by atoms with Crippen molar-refractivity contribution in [3.8, 4) is 0 Å². The molecule has 1 aromatic rings. The smallest absolute Gasteiger partial charge is 0.238 e. The maximum absolute atomic E-state index is 11.7. The van der Waals surface area contributed by atoms with Crippen LogP contribution in [0, 0.1) is 5.92 Å². The number of carbonyl (C=O) groups is 1. The Kier molecular flexibility index (Phi) is 7.75. The van der Waals surface area contributed by atoms with Gasteiger partial charge in [0.2, 0.25) is 5.91 Å². The lowest BCUT2D eigenvalue weighted by Crippen LogP contribution is -2.28. The van der Waals surface area contributed by atoms with Gasteiger partial charge in [0.05, 0.1) is 6.54 Å². The fourth-order valence-electron chi connectivity index (χ4n) is 1.78. The molecule has 0 radical (unpaired) electrons. The summed E-state index contributed by atoms with van der Waals surface area (Å²) in [6.45, 7) is 5.74. The normalized spacial score (nSPS) is 10.7. The molecular weight excluding hydrogens is 304 g/mol. The number of carbonyl (C=O) groups excluding carboxylic acids is 1. The molecule has 0 bridgehead atoms. The molecule has 0 heterocycles. The molecule has 3 nitrogen and oxygen atoms in total. The molecule has 106 valence electrons. The Bertz CT molecular complexity index is 393. The third kappa shape index (κ3) is 8.01. The molecule has 1 aromatic carbocycles. The Balaban J connectivity index is 2.11. The molecule has 0 unspecified atom stereocenters. The highest BCUT2D eigenvalue weighted by Crippen LogP contribution is 2.15. The van der Waals surface area contributed by atoms with Gasteiger partial charge in [-0.3, -0.25) is 4.79 Å². The molecule has 0 saturated carbocycles. The average molecular weight is 327 g/mol. The molecule has 1 amide bonds. The molecule has 0 aliphatic carbocycles. The first-order chi connectivity index (χ1) is 9.08. The van der Waals surface area contributed by atoms with Gasteiger partial charge in [0.25, 0.3) is 0 Å². The predicted molar refractivity (Wildman–Crippen MR) is 84.3 cm³/mol. The van der Waals surface area contributed by atoms with Gasteiger partial charge in [0.1, 0.15) is 0 Å². The summed E-state index contributed by atoms with van der Waals surface area (Å²) < 4.78 is 0.965. The van der Waals surface area contributed by atoms with Crippen molar-refractivity contribution in [1.29, 1.82) is 0 Å². The number of benzene rings is 1. The number of hydrogen-bond acceptors (Lipinski definition) is 2. The van der Waals surface area contributed by atoms with Crippen molar-refractivity contribution in [2.75, 3.05) is 18.4 Å². The van der Waals surface area contributed by atoms with E-state index in [1.54, 1.807) is 0 Å². The molecule has 0 atom stereocenters. The minimum atomic E-state index is 0.00181. The highest BCUT2D eigenvalue weighted by Gasteiger charge is 2.02. The molecule has 1 rings (SSSR count). The van der Waals surface area contributed by atoms with E-state index in [1.807, 2.05) is 24.3 Å². The summed E-state index contributed by atoms with van der Waals surface area (Å²) >= 11 is 3.38. The van der Waals surface area contributed by atoms with E-state index < -0.39 is 0 Å². The highest BCUT2D eigenvalue weighted by molar-refractivity contribution is 9.10. The average Bonchev–Trinajstić information content (AvgIpc) is 2.33. The minimum Gasteiger partial charge on any atom is -0.325 e. The third-order valence-corrected chi connectivity index (χ3v) is 3.27. The second kappa shape index (κ2) is 9.10. The number of halogens is 1. The van der Waals surface area contributed by atoms with Crippen LogP contribution in [0.25, 0.3) is 0 Å². The Morgan fingerprint density at radius 3 is 2.79 bits per heavy atom. The standard InChI is InChI=1S/C15H23BrN2O/c1-12(2)6-3-4-9-17-11-15(19)18-14-8-5-7-13(16)10-14/h5,7-8,10,12,17H,3-4,6,9,11H2,1-2H3,(H,18,19). The topological polar surface area (TPSA) is 41.1 Å². The van der Waals surface area contributed by atoms with Gasteiger partial charge in [-0.15, -0.1) is 0 Å². The lowest BCUT2D eigenvalue weighted by Gasteiger charge is -2.07. The first-order valence-electron chi connectivity index (χ1n) is 6.84. The van der Waals surface area contributed by atoms with Crippen molar-refractivity contribution >= 4 is 27.5 Å². The zero-order valence-electron chi connectivity index (χ0n) is 11.7. The molecule has 0 spiro atoms. The van der Waals surface area contributed by atoms with E-state index in [2.05, 4.69) is 40.4 Å². The van der Waals surface area contributed by atoms with Crippen LogP contribution in [0.15, 0.2) is 28.7 Å². The predicted octanol–water partition coefficient (Wildman–Crippen LogP) is 3.80. The van der Waals surface area contributed by atoms with Gasteiger partial charge in [-0.05, 0) is 37.1 Å². The van der Waals surface area contributed by atoms with Gasteiger partial charge in [0, 0.05) is 10.2 Å². The minimum absolute atomic E-state index is 0.00181. The summed E-state index contributed by atoms with van der Waals surface area (Å²) in [6, 6.07) is 7.60. The van der Waals surface area contributed by atoms with Crippen LogP contribution < -0.4 is 10.6 Å². The first-order valence-corrected chi connectivity index (χ1v) is 7.63. The maximum Gasteiger partial charge on any atom is 0.238 e. The lowest BCUT2D eigenvalue weighted by atomic mass is 10.1. The zero-order chi connectivity index (χ0) is 14.1. The van der Waals surface area contributed by atoms with Gasteiger partial charge < -0.3 is 10.6 Å². The van der Waals surface area contributed by atoms with Crippen molar-refractivity contribution in [2.24, 2.45) is 5.92 Å². The van der Waals surface area contributed by atoms with Gasteiger partial charge in [-0.25, -0.2) is 0 Å². The SMILES string of the molecule is CC(C)CCCCNCC(=O)Nc1cccc(Br)c1. The molecule has 0 fully saturated rings. The fourth-order valence-corrected chi connectivity index (χ4v) is 2.18. The summed E-state index contributed by atoms with van der Waals surface area (Å²) in [6.07, 6.45) is 3.60. The highest BCUT2D eigenvalue weighted by atomic mass is 79.9. The summed E-state index contributed by atoms with van der Waals surface area (Å²) in [5.74, 6) is 0.766. The van der Waals surface area contributed by atoms with Gasteiger partial charge in [-0.2, -0.15) is 0 Å². The molecule has 0 aliphatic rings. The van der Waals surface area contributed by atoms with E-state index in [0.29, 0.717) is 6.54 Å². The van der Waals surface area contributed by atoms with Crippen molar-refractivity contribution in [2.45, 2.75) is 33.1 Å². The molecule has 4 heteroatoms. The van der Waals surface area contributed by atoms with Crippen LogP contribution in [0.4, 0.5) is 5.69 Å². The van der Waals surface area contributed by atoms with Crippen molar-refractivity contribution in [1.82, 2.24) is 5.32 Å². The third-order valence-electron chi connectivity index (χ3n) is 2.78. The van der Waals surface area contributed by atoms with Crippen LogP contribution >= 0.6 is 15.9 Å². The number of rotatable bonds is 8. The largest absolute Gasteiger partial charge is 0.325 e. The van der Waals surface area contributed by atoms with Crippen LogP contribution in [0.3, 0.4) is 0 Å². The van der Waals surface area contributed by atoms with Gasteiger partial charge in [-0.1, -0.05) is 48.7 Å². The Morgan fingerprint density at radius 1 is 1.32 bits per heavy atom. The Labute approximate surface area is 124 Å². The number of hydrogen-bond donors (Lipinski definition) is 2. The molecular formula is C15H23BrN2O. The lowest BCUT2D eigenvalue weighted by molar-refractivity contribution is -0.115. The van der Waals surface area contributed by atoms with Gasteiger partial charge in [0.15, 0.2) is 0 Å². The quantitative estimate of drug-likeness (QED) is 0.713. The molecule has 0 aliphatic heterocycles. The number of anilines is 1. The summed E-state index contributed by atoms with van der Waals surface area (Å²) in [4.78, 5) is 11.7. The van der Waals surface area contributed by atoms with Crippen molar-refractivity contribution in [3.05, 3.63) is 28.7 Å². The van der Waals surface area contributed by atoms with Crippen LogP contribution in [-0.4, -0.2) is 19.0 Å². The number of unbranched alkanes of at least 4 members (excludes halogenated alkanes) is 1. The number of nitrogens with one attached hydrogen (secondary N) is 2. The summed E-state index contributed by atoms with van der Waals surface area (Å²) in [5.41, 5.74) is 0.820. The summed E-state index contributed by atoms with van der Waals surface area (Å²) in [5, 5.41) is 6.03. The van der Waals surface area contributed by atoms with E-state index in [4.69, 9.17) is 0 Å². The van der Waals surface area contributed by atoms with E-state index in [9.17, 15) is 4.79 Å². The van der Waals surface area contributed by atoms with E-state index in [-0.39, 0.29) is 5.91 Å². The zero-order valence-corrected chi connectivity index (χ0v) is 13.3.